The fraction of sp³-hybridized carbons (Fsp3) is 0.0909. The fourth-order valence-electron chi connectivity index (χ4n) is 1.24. The normalized spacial score (nSPS) is 10.6. The van der Waals surface area contributed by atoms with Crippen LogP contribution in [0, 0.1) is 0 Å². The zero-order valence-corrected chi connectivity index (χ0v) is 12.0. The number of thiazole rings is 1. The summed E-state index contributed by atoms with van der Waals surface area (Å²) in [6, 6.07) is 5.28. The van der Waals surface area contributed by atoms with Crippen LogP contribution >= 0.6 is 46.3 Å². The SMILES string of the molecule is O=C(O)CSc1nc(-c2ccc(Cl)c(Cl)c2)cs1. The smallest absolute Gasteiger partial charge is 0.313 e. The third-order valence-electron chi connectivity index (χ3n) is 2.02. The minimum Gasteiger partial charge on any atom is -0.481 e. The third kappa shape index (κ3) is 3.38. The average Bonchev–Trinajstić information content (AvgIpc) is 2.79. The third-order valence-corrected chi connectivity index (χ3v) is 4.76. The number of carboxylic acid groups (broad SMARTS) is 1. The fourth-order valence-corrected chi connectivity index (χ4v) is 3.09. The first-order chi connectivity index (χ1) is 8.56. The number of nitrogens with zero attached hydrogens (tertiary/aromatic N) is 1. The van der Waals surface area contributed by atoms with Gasteiger partial charge in [-0.3, -0.25) is 4.79 Å². The monoisotopic (exact) mass is 319 g/mol. The van der Waals surface area contributed by atoms with Crippen LogP contribution in [0.1, 0.15) is 0 Å². The van der Waals surface area contributed by atoms with Gasteiger partial charge in [0.1, 0.15) is 0 Å². The summed E-state index contributed by atoms with van der Waals surface area (Å²) in [6.45, 7) is 0. The molecule has 94 valence electrons. The Morgan fingerprint density at radius 1 is 1.39 bits per heavy atom. The molecule has 7 heteroatoms. The Morgan fingerprint density at radius 3 is 2.83 bits per heavy atom. The number of rotatable bonds is 4. The number of thioether (sulfide) groups is 1. The predicted molar refractivity (Wildman–Crippen MR) is 75.9 cm³/mol. The van der Waals surface area contributed by atoms with E-state index in [2.05, 4.69) is 4.98 Å². The maximum Gasteiger partial charge on any atom is 0.313 e. The van der Waals surface area contributed by atoms with Gasteiger partial charge in [0.05, 0.1) is 21.5 Å². The van der Waals surface area contributed by atoms with Crippen molar-refractivity contribution in [2.24, 2.45) is 0 Å². The molecule has 0 aliphatic rings. The molecule has 0 fully saturated rings. The van der Waals surface area contributed by atoms with Gasteiger partial charge in [0.25, 0.3) is 0 Å². The number of hydrogen-bond acceptors (Lipinski definition) is 4. The van der Waals surface area contributed by atoms with E-state index in [1.54, 1.807) is 12.1 Å². The van der Waals surface area contributed by atoms with Crippen LogP contribution in [0.15, 0.2) is 27.9 Å². The molecule has 1 N–H and O–H groups in total. The largest absolute Gasteiger partial charge is 0.481 e. The standard InChI is InChI=1S/C11H7Cl2NO2S2/c12-7-2-1-6(3-8(7)13)9-4-17-11(14-9)18-5-10(15)16/h1-4H,5H2,(H,15,16). The molecule has 0 aliphatic heterocycles. The van der Waals surface area contributed by atoms with Gasteiger partial charge >= 0.3 is 5.97 Å². The van der Waals surface area contributed by atoms with Crippen molar-refractivity contribution in [3.05, 3.63) is 33.6 Å². The van der Waals surface area contributed by atoms with Gasteiger partial charge in [0.15, 0.2) is 4.34 Å². The number of carboxylic acids is 1. The Kier molecular flexibility index (Phi) is 4.50. The Hall–Kier alpha value is -0.750. The Bertz CT molecular complexity index is 586. The zero-order chi connectivity index (χ0) is 13.1. The first-order valence-corrected chi connectivity index (χ1v) is 7.44. The first-order valence-electron chi connectivity index (χ1n) is 4.82. The second-order valence-corrected chi connectivity index (χ2v) is 6.20. The zero-order valence-electron chi connectivity index (χ0n) is 8.89. The average molecular weight is 320 g/mol. The second kappa shape index (κ2) is 5.93. The van der Waals surface area contributed by atoms with Crippen molar-refractivity contribution >= 4 is 52.3 Å². The summed E-state index contributed by atoms with van der Waals surface area (Å²) < 4.78 is 0.721. The molecule has 0 bridgehead atoms. The number of halogens is 2. The van der Waals surface area contributed by atoms with Gasteiger partial charge in [0.2, 0.25) is 0 Å². The summed E-state index contributed by atoms with van der Waals surface area (Å²) in [5.74, 6) is -0.847. The summed E-state index contributed by atoms with van der Waals surface area (Å²) in [7, 11) is 0. The Labute approximate surface area is 122 Å². The van der Waals surface area contributed by atoms with Crippen LogP contribution in [-0.4, -0.2) is 21.8 Å². The van der Waals surface area contributed by atoms with Crippen LogP contribution in [0.4, 0.5) is 0 Å². The van der Waals surface area contributed by atoms with E-state index in [1.807, 2.05) is 11.4 Å². The molecular formula is C11H7Cl2NO2S2. The molecule has 2 aromatic rings. The molecule has 0 radical (unpaired) electrons. The molecule has 0 atom stereocenters. The molecule has 3 nitrogen and oxygen atoms in total. The van der Waals surface area contributed by atoms with E-state index in [4.69, 9.17) is 28.3 Å². The summed E-state index contributed by atoms with van der Waals surface area (Å²) in [4.78, 5) is 14.8. The van der Waals surface area contributed by atoms with Crippen LogP contribution in [0.5, 0.6) is 0 Å². The molecule has 1 aromatic heterocycles. The number of aromatic nitrogens is 1. The summed E-state index contributed by atoms with van der Waals surface area (Å²) in [5, 5.41) is 11.4. The molecule has 0 amide bonds. The second-order valence-electron chi connectivity index (χ2n) is 3.31. The first kappa shape index (κ1) is 13.7. The molecule has 0 saturated carbocycles. The minimum atomic E-state index is -0.855. The van der Waals surface area contributed by atoms with Gasteiger partial charge in [-0.2, -0.15) is 0 Å². The Morgan fingerprint density at radius 2 is 2.17 bits per heavy atom. The van der Waals surface area contributed by atoms with E-state index < -0.39 is 5.97 Å². The minimum absolute atomic E-state index is 0.00826. The molecule has 2 rings (SSSR count). The molecule has 0 saturated heterocycles. The van der Waals surface area contributed by atoms with Crippen molar-refractivity contribution in [1.82, 2.24) is 4.98 Å². The number of carbonyl (C=O) groups is 1. The lowest BCUT2D eigenvalue weighted by molar-refractivity contribution is -0.133. The molecule has 0 spiro atoms. The van der Waals surface area contributed by atoms with Crippen LogP contribution < -0.4 is 0 Å². The van der Waals surface area contributed by atoms with Crippen LogP contribution in [0.3, 0.4) is 0 Å². The number of aliphatic carboxylic acids is 1. The van der Waals surface area contributed by atoms with Crippen molar-refractivity contribution in [1.29, 1.82) is 0 Å². The van der Waals surface area contributed by atoms with Gasteiger partial charge in [0, 0.05) is 10.9 Å². The highest BCUT2D eigenvalue weighted by Gasteiger charge is 2.08. The van der Waals surface area contributed by atoms with Crippen LogP contribution in [-0.2, 0) is 4.79 Å². The lowest BCUT2D eigenvalue weighted by Gasteiger charge is -1.99. The maximum atomic E-state index is 10.5. The highest BCUT2D eigenvalue weighted by molar-refractivity contribution is 8.01. The molecular weight excluding hydrogens is 313 g/mol. The van der Waals surface area contributed by atoms with Gasteiger partial charge in [-0.15, -0.1) is 11.3 Å². The van der Waals surface area contributed by atoms with E-state index in [0.29, 0.717) is 10.0 Å². The van der Waals surface area contributed by atoms with Gasteiger partial charge in [-0.1, -0.05) is 41.0 Å². The summed E-state index contributed by atoms with van der Waals surface area (Å²) in [5.41, 5.74) is 1.63. The lowest BCUT2D eigenvalue weighted by Crippen LogP contribution is -1.96. The summed E-state index contributed by atoms with van der Waals surface area (Å²) in [6.07, 6.45) is 0. The molecule has 1 aromatic carbocycles. The maximum absolute atomic E-state index is 10.5. The Balaban J connectivity index is 2.18. The van der Waals surface area contributed by atoms with Crippen molar-refractivity contribution in [2.45, 2.75) is 4.34 Å². The van der Waals surface area contributed by atoms with Gasteiger partial charge in [-0.25, -0.2) is 4.98 Å². The topological polar surface area (TPSA) is 50.2 Å². The van der Waals surface area contributed by atoms with E-state index in [9.17, 15) is 4.79 Å². The number of benzene rings is 1. The van der Waals surface area contributed by atoms with Crippen molar-refractivity contribution in [3.63, 3.8) is 0 Å². The van der Waals surface area contributed by atoms with Gasteiger partial charge in [-0.05, 0) is 12.1 Å². The van der Waals surface area contributed by atoms with Gasteiger partial charge < -0.3 is 5.11 Å². The molecule has 1 heterocycles. The summed E-state index contributed by atoms with van der Waals surface area (Å²) >= 11 is 14.4. The van der Waals surface area contributed by atoms with E-state index >= 15 is 0 Å². The number of hydrogen-bond donors (Lipinski definition) is 1. The van der Waals surface area contributed by atoms with Crippen molar-refractivity contribution in [3.8, 4) is 11.3 Å². The van der Waals surface area contributed by atoms with Crippen molar-refractivity contribution in [2.75, 3.05) is 5.75 Å². The quantitative estimate of drug-likeness (QED) is 0.854. The van der Waals surface area contributed by atoms with Crippen LogP contribution in [0.2, 0.25) is 10.0 Å². The van der Waals surface area contributed by atoms with Crippen LogP contribution in [0.25, 0.3) is 11.3 Å². The molecule has 0 aliphatic carbocycles. The van der Waals surface area contributed by atoms with E-state index in [0.717, 1.165) is 15.6 Å². The molecule has 18 heavy (non-hydrogen) atoms. The predicted octanol–water partition coefficient (Wildman–Crippen LogP) is 4.29. The lowest BCUT2D eigenvalue weighted by atomic mass is 10.2. The van der Waals surface area contributed by atoms with Crippen molar-refractivity contribution < 1.29 is 9.90 Å². The highest BCUT2D eigenvalue weighted by atomic mass is 35.5. The highest BCUT2D eigenvalue weighted by Crippen LogP contribution is 2.31. The molecule has 0 unspecified atom stereocenters. The van der Waals surface area contributed by atoms with E-state index in [-0.39, 0.29) is 5.75 Å². The van der Waals surface area contributed by atoms with E-state index in [1.165, 1.54) is 23.1 Å².